The molecular formula is C21H25NO3. The van der Waals surface area contributed by atoms with Crippen LogP contribution in [0.1, 0.15) is 36.8 Å². The Morgan fingerprint density at radius 2 is 1.48 bits per heavy atom. The quantitative estimate of drug-likeness (QED) is 0.690. The Morgan fingerprint density at radius 3 is 1.92 bits per heavy atom. The van der Waals surface area contributed by atoms with Gasteiger partial charge in [-0.2, -0.15) is 0 Å². The van der Waals surface area contributed by atoms with Crippen molar-refractivity contribution in [1.82, 2.24) is 4.90 Å². The van der Waals surface area contributed by atoms with Gasteiger partial charge >= 0.3 is 5.97 Å². The van der Waals surface area contributed by atoms with Crippen molar-refractivity contribution in [2.24, 2.45) is 0 Å². The van der Waals surface area contributed by atoms with Crippen LogP contribution in [0.5, 0.6) is 0 Å². The Balaban J connectivity index is 2.15. The lowest BCUT2D eigenvalue weighted by molar-refractivity contribution is -0.141. The van der Waals surface area contributed by atoms with E-state index in [1.807, 2.05) is 43.3 Å². The summed E-state index contributed by atoms with van der Waals surface area (Å²) in [5.74, 6) is -0.250. The first-order valence-electron chi connectivity index (χ1n) is 8.60. The van der Waals surface area contributed by atoms with E-state index in [9.17, 15) is 9.59 Å². The molecule has 0 fully saturated rings. The van der Waals surface area contributed by atoms with Gasteiger partial charge in [0.15, 0.2) is 0 Å². The van der Waals surface area contributed by atoms with Crippen LogP contribution in [-0.2, 0) is 14.3 Å². The van der Waals surface area contributed by atoms with Crippen molar-refractivity contribution in [1.29, 1.82) is 0 Å². The molecule has 2 aromatic rings. The summed E-state index contributed by atoms with van der Waals surface area (Å²) >= 11 is 0. The van der Waals surface area contributed by atoms with Crippen LogP contribution in [0.3, 0.4) is 0 Å². The van der Waals surface area contributed by atoms with Crippen molar-refractivity contribution in [3.05, 3.63) is 71.8 Å². The minimum absolute atomic E-state index is 0.00192. The summed E-state index contributed by atoms with van der Waals surface area (Å²) in [6.45, 7) is 2.89. The number of ether oxygens (including phenoxy) is 1. The van der Waals surface area contributed by atoms with E-state index in [1.165, 1.54) is 7.11 Å². The summed E-state index contributed by atoms with van der Waals surface area (Å²) in [6.07, 6.45) is 0.598. The van der Waals surface area contributed by atoms with Crippen LogP contribution < -0.4 is 0 Å². The average Bonchev–Trinajstić information content (AvgIpc) is 2.67. The number of nitrogens with zero attached hydrogens (tertiary/aromatic N) is 1. The van der Waals surface area contributed by atoms with Crippen LogP contribution in [0.15, 0.2) is 60.7 Å². The lowest BCUT2D eigenvalue weighted by Gasteiger charge is -2.24. The molecule has 132 valence electrons. The van der Waals surface area contributed by atoms with Crippen LogP contribution in [-0.4, -0.2) is 37.0 Å². The van der Waals surface area contributed by atoms with Crippen molar-refractivity contribution >= 4 is 11.9 Å². The van der Waals surface area contributed by atoms with Crippen molar-refractivity contribution in [2.75, 3.05) is 20.2 Å². The molecule has 4 nitrogen and oxygen atoms in total. The second-order valence-electron chi connectivity index (χ2n) is 5.88. The van der Waals surface area contributed by atoms with Gasteiger partial charge in [0.25, 0.3) is 0 Å². The van der Waals surface area contributed by atoms with Crippen LogP contribution in [0.25, 0.3) is 0 Å². The van der Waals surface area contributed by atoms with Crippen molar-refractivity contribution in [3.8, 4) is 0 Å². The Morgan fingerprint density at radius 1 is 0.960 bits per heavy atom. The minimum Gasteiger partial charge on any atom is -0.469 e. The van der Waals surface area contributed by atoms with Crippen LogP contribution in [0.4, 0.5) is 0 Å². The molecule has 0 radical (unpaired) electrons. The highest BCUT2D eigenvalue weighted by Crippen LogP contribution is 2.28. The molecule has 0 heterocycles. The molecule has 0 spiro atoms. The van der Waals surface area contributed by atoms with Gasteiger partial charge in [-0.3, -0.25) is 9.59 Å². The normalized spacial score (nSPS) is 10.5. The molecule has 0 aliphatic heterocycles. The predicted octanol–water partition coefficient (Wildman–Crippen LogP) is 3.62. The summed E-state index contributed by atoms with van der Waals surface area (Å²) in [7, 11) is 1.36. The smallest absolute Gasteiger partial charge is 0.307 e. The first kappa shape index (κ1) is 18.7. The summed E-state index contributed by atoms with van der Waals surface area (Å²) in [5, 5.41) is 0. The maximum atomic E-state index is 12.8. The highest BCUT2D eigenvalue weighted by atomic mass is 16.5. The third kappa shape index (κ3) is 5.45. The molecule has 0 atom stereocenters. The summed E-state index contributed by atoms with van der Waals surface area (Å²) in [4.78, 5) is 25.9. The molecule has 0 unspecified atom stereocenters. The average molecular weight is 339 g/mol. The fraction of sp³-hybridized carbons (Fsp3) is 0.333. The zero-order valence-electron chi connectivity index (χ0n) is 14.9. The Hall–Kier alpha value is -2.62. The number of carbonyl (C=O) groups excluding carboxylic acids is 2. The number of benzene rings is 2. The number of esters is 1. The third-order valence-electron chi connectivity index (χ3n) is 4.33. The summed E-state index contributed by atoms with van der Waals surface area (Å²) in [6, 6.07) is 20.1. The molecule has 2 aromatic carbocycles. The Kier molecular flexibility index (Phi) is 7.20. The lowest BCUT2D eigenvalue weighted by Crippen LogP contribution is -2.34. The first-order chi connectivity index (χ1) is 12.2. The topological polar surface area (TPSA) is 46.6 Å². The van der Waals surface area contributed by atoms with Gasteiger partial charge in [-0.15, -0.1) is 0 Å². The standard InChI is InChI=1S/C21H25NO3/c1-3-22(15-14-21(24)25-2)20(23)16-19(17-10-6-4-7-11-17)18-12-8-5-9-13-18/h4-13,19H,3,14-16H2,1-2H3. The van der Waals surface area contributed by atoms with Gasteiger partial charge < -0.3 is 9.64 Å². The maximum Gasteiger partial charge on any atom is 0.307 e. The first-order valence-corrected chi connectivity index (χ1v) is 8.60. The largest absolute Gasteiger partial charge is 0.469 e. The second-order valence-corrected chi connectivity index (χ2v) is 5.88. The molecular weight excluding hydrogens is 314 g/mol. The fourth-order valence-corrected chi connectivity index (χ4v) is 2.89. The van der Waals surface area contributed by atoms with Crippen LogP contribution >= 0.6 is 0 Å². The number of hydrogen-bond acceptors (Lipinski definition) is 3. The van der Waals surface area contributed by atoms with Gasteiger partial charge in [0.2, 0.25) is 5.91 Å². The molecule has 0 aliphatic carbocycles. The molecule has 25 heavy (non-hydrogen) atoms. The van der Waals surface area contributed by atoms with E-state index >= 15 is 0 Å². The Bertz CT molecular complexity index is 631. The van der Waals surface area contributed by atoms with E-state index in [4.69, 9.17) is 0 Å². The van der Waals surface area contributed by atoms with E-state index in [2.05, 4.69) is 29.0 Å². The summed E-state index contributed by atoms with van der Waals surface area (Å²) in [5.41, 5.74) is 2.23. The van der Waals surface area contributed by atoms with E-state index < -0.39 is 0 Å². The second kappa shape index (κ2) is 9.62. The molecule has 0 N–H and O–H groups in total. The van der Waals surface area contributed by atoms with Gasteiger partial charge in [0.1, 0.15) is 0 Å². The monoisotopic (exact) mass is 339 g/mol. The molecule has 0 bridgehead atoms. The SMILES string of the molecule is CCN(CCC(=O)OC)C(=O)CC(c1ccccc1)c1ccccc1. The third-order valence-corrected chi connectivity index (χ3v) is 4.33. The number of amides is 1. The van der Waals surface area contributed by atoms with E-state index in [-0.39, 0.29) is 24.2 Å². The van der Waals surface area contributed by atoms with E-state index in [0.29, 0.717) is 19.5 Å². The molecule has 0 aliphatic rings. The van der Waals surface area contributed by atoms with Gasteiger partial charge in [-0.05, 0) is 18.1 Å². The van der Waals surface area contributed by atoms with Crippen molar-refractivity contribution in [3.63, 3.8) is 0 Å². The number of methoxy groups -OCH3 is 1. The van der Waals surface area contributed by atoms with Crippen molar-refractivity contribution in [2.45, 2.75) is 25.7 Å². The molecule has 0 aromatic heterocycles. The van der Waals surface area contributed by atoms with Gasteiger partial charge in [-0.1, -0.05) is 60.7 Å². The molecule has 0 saturated heterocycles. The van der Waals surface area contributed by atoms with Crippen LogP contribution in [0, 0.1) is 0 Å². The molecule has 1 amide bonds. The predicted molar refractivity (Wildman–Crippen MR) is 98.2 cm³/mol. The molecule has 2 rings (SSSR count). The van der Waals surface area contributed by atoms with Gasteiger partial charge in [-0.25, -0.2) is 0 Å². The highest BCUT2D eigenvalue weighted by molar-refractivity contribution is 5.78. The number of hydrogen-bond donors (Lipinski definition) is 0. The Labute approximate surface area is 149 Å². The molecule has 0 saturated carbocycles. The maximum absolute atomic E-state index is 12.8. The van der Waals surface area contributed by atoms with E-state index in [1.54, 1.807) is 4.90 Å². The van der Waals surface area contributed by atoms with Crippen molar-refractivity contribution < 1.29 is 14.3 Å². The zero-order valence-corrected chi connectivity index (χ0v) is 14.9. The number of carbonyl (C=O) groups is 2. The zero-order chi connectivity index (χ0) is 18.1. The van der Waals surface area contributed by atoms with E-state index in [0.717, 1.165) is 11.1 Å². The highest BCUT2D eigenvalue weighted by Gasteiger charge is 2.21. The fourth-order valence-electron chi connectivity index (χ4n) is 2.89. The minimum atomic E-state index is -0.297. The lowest BCUT2D eigenvalue weighted by atomic mass is 9.88. The van der Waals surface area contributed by atoms with Gasteiger partial charge in [0.05, 0.1) is 13.5 Å². The van der Waals surface area contributed by atoms with Gasteiger partial charge in [0, 0.05) is 25.4 Å². The molecule has 4 heteroatoms. The summed E-state index contributed by atoms with van der Waals surface area (Å²) < 4.78 is 4.67. The number of rotatable bonds is 8. The van der Waals surface area contributed by atoms with Crippen LogP contribution in [0.2, 0.25) is 0 Å².